The van der Waals surface area contributed by atoms with Gasteiger partial charge in [0.1, 0.15) is 22.5 Å². The molecule has 0 saturated heterocycles. The van der Waals surface area contributed by atoms with E-state index in [2.05, 4.69) is 22.4 Å². The van der Waals surface area contributed by atoms with Gasteiger partial charge in [0.25, 0.3) is 11.1 Å². The number of hydrogen-bond donors (Lipinski definition) is 2. The van der Waals surface area contributed by atoms with Crippen LogP contribution in [0.25, 0.3) is 0 Å². The lowest BCUT2D eigenvalue weighted by molar-refractivity contribution is 0.0901. The standard InChI is InChI=1S/C24H26N2O4S/c1-15(2)19(14-27)26-23(28)22-13-25-24(31-22)29-18-9-11-21-17(12-18)8-10-20(30-21)16-6-4-3-5-7-16/h3-7,9,11-13,15,19-20,27H,8,10,14H2,1-2H3,(H,26,28)/t19-,20+/m1/s1. The van der Waals surface area contributed by atoms with Gasteiger partial charge in [-0.15, -0.1) is 0 Å². The van der Waals surface area contributed by atoms with Gasteiger partial charge >= 0.3 is 0 Å². The van der Waals surface area contributed by atoms with Crippen molar-refractivity contribution in [2.45, 2.75) is 38.8 Å². The highest BCUT2D eigenvalue weighted by Crippen LogP contribution is 2.38. The Balaban J connectivity index is 1.41. The maximum absolute atomic E-state index is 12.4. The summed E-state index contributed by atoms with van der Waals surface area (Å²) in [5, 5.41) is 12.6. The Hall–Kier alpha value is -2.90. The molecule has 0 saturated carbocycles. The van der Waals surface area contributed by atoms with Crippen LogP contribution < -0.4 is 14.8 Å². The molecule has 0 spiro atoms. The second-order valence-corrected chi connectivity index (χ2v) is 8.92. The number of amides is 1. The molecule has 2 N–H and O–H groups in total. The van der Waals surface area contributed by atoms with Crippen LogP contribution in [0.3, 0.4) is 0 Å². The van der Waals surface area contributed by atoms with Gasteiger partial charge in [-0.25, -0.2) is 4.98 Å². The summed E-state index contributed by atoms with van der Waals surface area (Å²) in [5.41, 5.74) is 2.28. The van der Waals surface area contributed by atoms with E-state index in [0.717, 1.165) is 24.2 Å². The molecule has 7 heteroatoms. The number of nitrogens with zero attached hydrogens (tertiary/aromatic N) is 1. The zero-order valence-electron chi connectivity index (χ0n) is 17.6. The Morgan fingerprint density at radius 2 is 2.10 bits per heavy atom. The number of aryl methyl sites for hydroxylation is 1. The number of benzene rings is 2. The van der Waals surface area contributed by atoms with Crippen molar-refractivity contribution in [1.82, 2.24) is 10.3 Å². The molecule has 2 aromatic carbocycles. The van der Waals surface area contributed by atoms with Gasteiger partial charge in [-0.2, -0.15) is 0 Å². The molecule has 1 aromatic heterocycles. The van der Waals surface area contributed by atoms with Crippen LogP contribution in [0, 0.1) is 5.92 Å². The van der Waals surface area contributed by atoms with Crippen LogP contribution in [0.15, 0.2) is 54.7 Å². The summed E-state index contributed by atoms with van der Waals surface area (Å²) in [6.45, 7) is 3.79. The molecule has 31 heavy (non-hydrogen) atoms. The van der Waals surface area contributed by atoms with E-state index in [-0.39, 0.29) is 30.6 Å². The van der Waals surface area contributed by atoms with Crippen molar-refractivity contribution in [2.75, 3.05) is 6.61 Å². The van der Waals surface area contributed by atoms with Gasteiger partial charge in [-0.1, -0.05) is 55.5 Å². The second kappa shape index (κ2) is 9.49. The van der Waals surface area contributed by atoms with Crippen LogP contribution in [-0.4, -0.2) is 28.6 Å². The average molecular weight is 439 g/mol. The van der Waals surface area contributed by atoms with Crippen LogP contribution in [0.1, 0.15) is 47.2 Å². The van der Waals surface area contributed by atoms with Gasteiger partial charge < -0.3 is 19.9 Å². The summed E-state index contributed by atoms with van der Waals surface area (Å²) < 4.78 is 12.1. The molecule has 1 aliphatic rings. The number of hydrogen-bond acceptors (Lipinski definition) is 6. The molecule has 2 heterocycles. The van der Waals surface area contributed by atoms with E-state index in [4.69, 9.17) is 9.47 Å². The number of aliphatic hydroxyl groups excluding tert-OH is 1. The highest BCUT2D eigenvalue weighted by molar-refractivity contribution is 7.15. The third-order valence-corrected chi connectivity index (χ3v) is 6.25. The third kappa shape index (κ3) is 5.06. The summed E-state index contributed by atoms with van der Waals surface area (Å²) in [6.07, 6.45) is 3.36. The van der Waals surface area contributed by atoms with Crippen molar-refractivity contribution in [3.63, 3.8) is 0 Å². The first-order valence-electron chi connectivity index (χ1n) is 10.4. The third-order valence-electron chi connectivity index (χ3n) is 5.38. The Kier molecular flexibility index (Phi) is 6.53. The van der Waals surface area contributed by atoms with Crippen molar-refractivity contribution < 1.29 is 19.4 Å². The number of carbonyl (C=O) groups is 1. The lowest BCUT2D eigenvalue weighted by Gasteiger charge is -2.26. The summed E-state index contributed by atoms with van der Waals surface area (Å²) in [7, 11) is 0. The molecule has 0 bridgehead atoms. The number of nitrogens with one attached hydrogen (secondary N) is 1. The molecule has 0 unspecified atom stereocenters. The lowest BCUT2D eigenvalue weighted by atomic mass is 9.97. The Morgan fingerprint density at radius 1 is 1.29 bits per heavy atom. The van der Waals surface area contributed by atoms with E-state index < -0.39 is 0 Å². The smallest absolute Gasteiger partial charge is 0.279 e. The lowest BCUT2D eigenvalue weighted by Crippen LogP contribution is -2.40. The first kappa shape index (κ1) is 21.3. The largest absolute Gasteiger partial charge is 0.485 e. The number of ether oxygens (including phenoxy) is 2. The monoisotopic (exact) mass is 438 g/mol. The number of thiazole rings is 1. The van der Waals surface area contributed by atoms with Gasteiger partial charge in [0.2, 0.25) is 0 Å². The van der Waals surface area contributed by atoms with E-state index in [1.54, 1.807) is 0 Å². The molecule has 0 fully saturated rings. The number of carbonyl (C=O) groups excluding carboxylic acids is 1. The second-order valence-electron chi connectivity index (χ2n) is 7.92. The zero-order chi connectivity index (χ0) is 21.8. The van der Waals surface area contributed by atoms with Crippen molar-refractivity contribution in [3.05, 3.63) is 70.7 Å². The fourth-order valence-electron chi connectivity index (χ4n) is 3.50. The van der Waals surface area contributed by atoms with Crippen molar-refractivity contribution in [3.8, 4) is 16.7 Å². The Labute approximate surface area is 185 Å². The van der Waals surface area contributed by atoms with E-state index >= 15 is 0 Å². The maximum Gasteiger partial charge on any atom is 0.279 e. The van der Waals surface area contributed by atoms with Gasteiger partial charge in [0.05, 0.1) is 18.8 Å². The Morgan fingerprint density at radius 3 is 2.84 bits per heavy atom. The highest BCUT2D eigenvalue weighted by atomic mass is 32.1. The molecule has 0 radical (unpaired) electrons. The van der Waals surface area contributed by atoms with E-state index in [1.165, 1.54) is 23.1 Å². The van der Waals surface area contributed by atoms with Gasteiger partial charge in [0, 0.05) is 0 Å². The SMILES string of the molecule is CC(C)[C@@H](CO)NC(=O)c1cnc(Oc2ccc3c(c2)CC[C@@H](c2ccccc2)O3)s1. The normalized spacial score (nSPS) is 16.3. The predicted octanol–water partition coefficient (Wildman–Crippen LogP) is 4.75. The topological polar surface area (TPSA) is 80.7 Å². The van der Waals surface area contributed by atoms with Crippen molar-refractivity contribution in [1.29, 1.82) is 0 Å². The molecule has 1 amide bonds. The molecular weight excluding hydrogens is 412 g/mol. The van der Waals surface area contributed by atoms with Gasteiger partial charge in [-0.05, 0) is 48.1 Å². The quantitative estimate of drug-likeness (QED) is 0.556. The molecule has 3 aromatic rings. The minimum atomic E-state index is -0.292. The van der Waals surface area contributed by atoms with E-state index in [0.29, 0.717) is 15.8 Å². The van der Waals surface area contributed by atoms with Crippen LogP contribution in [-0.2, 0) is 6.42 Å². The van der Waals surface area contributed by atoms with Crippen molar-refractivity contribution >= 4 is 17.2 Å². The van der Waals surface area contributed by atoms with Crippen LogP contribution in [0.2, 0.25) is 0 Å². The molecular formula is C24H26N2O4S. The first-order chi connectivity index (χ1) is 15.0. The fourth-order valence-corrected chi connectivity index (χ4v) is 4.19. The predicted molar refractivity (Wildman–Crippen MR) is 120 cm³/mol. The number of aromatic nitrogens is 1. The summed E-state index contributed by atoms with van der Waals surface area (Å²) in [4.78, 5) is 17.1. The van der Waals surface area contributed by atoms with Crippen LogP contribution >= 0.6 is 11.3 Å². The number of rotatable bonds is 7. The average Bonchev–Trinajstić information content (AvgIpc) is 3.26. The number of fused-ring (bicyclic) bond motifs is 1. The summed E-state index contributed by atoms with van der Waals surface area (Å²) in [6, 6.07) is 15.7. The molecule has 6 nitrogen and oxygen atoms in total. The first-order valence-corrected chi connectivity index (χ1v) is 11.2. The van der Waals surface area contributed by atoms with E-state index in [9.17, 15) is 9.90 Å². The molecule has 2 atom stereocenters. The van der Waals surface area contributed by atoms with Crippen LogP contribution in [0.4, 0.5) is 0 Å². The van der Waals surface area contributed by atoms with Gasteiger partial charge in [0.15, 0.2) is 0 Å². The number of aliphatic hydroxyl groups is 1. The molecule has 162 valence electrons. The minimum Gasteiger partial charge on any atom is -0.485 e. The van der Waals surface area contributed by atoms with E-state index in [1.807, 2.05) is 50.2 Å². The van der Waals surface area contributed by atoms with Crippen LogP contribution in [0.5, 0.6) is 16.7 Å². The fraction of sp³-hybridized carbons (Fsp3) is 0.333. The van der Waals surface area contributed by atoms with Gasteiger partial charge in [-0.3, -0.25) is 4.79 Å². The molecule has 0 aliphatic carbocycles. The summed E-state index contributed by atoms with van der Waals surface area (Å²) in [5.74, 6) is 1.41. The van der Waals surface area contributed by atoms with Crippen molar-refractivity contribution in [2.24, 2.45) is 5.92 Å². The highest BCUT2D eigenvalue weighted by Gasteiger charge is 2.22. The molecule has 1 aliphatic heterocycles. The molecule has 4 rings (SSSR count). The summed E-state index contributed by atoms with van der Waals surface area (Å²) >= 11 is 1.18. The maximum atomic E-state index is 12.4. The Bertz CT molecular complexity index is 1040. The minimum absolute atomic E-state index is 0.0640. The zero-order valence-corrected chi connectivity index (χ0v) is 18.4.